The van der Waals surface area contributed by atoms with Crippen molar-refractivity contribution in [2.45, 2.75) is 114 Å². The maximum Gasteiger partial charge on any atom is 0.0529 e. The number of hydrogen-bond donors (Lipinski definition) is 3. The topological polar surface area (TPSA) is 52.5 Å². The van der Waals surface area contributed by atoms with Crippen molar-refractivity contribution in [1.82, 2.24) is 5.32 Å². The minimum Gasteiger partial charge on any atom is -0.393 e. The van der Waals surface area contributed by atoms with Gasteiger partial charge in [-0.1, -0.05) is 38.5 Å². The molecule has 0 aromatic rings. The Morgan fingerprint density at radius 3 is 1.33 bits per heavy atom. The Morgan fingerprint density at radius 2 is 1.05 bits per heavy atom. The van der Waals surface area contributed by atoms with Gasteiger partial charge in [0.1, 0.15) is 0 Å². The van der Waals surface area contributed by atoms with Crippen LogP contribution in [0.25, 0.3) is 0 Å². The van der Waals surface area contributed by atoms with Gasteiger partial charge in [0.05, 0.1) is 12.2 Å². The third kappa shape index (κ3) is 4.94. The molecule has 124 valence electrons. The van der Waals surface area contributed by atoms with Crippen LogP contribution in [0, 0.1) is 0 Å². The van der Waals surface area contributed by atoms with Gasteiger partial charge in [0.2, 0.25) is 0 Å². The quantitative estimate of drug-likeness (QED) is 0.703. The Kier molecular flexibility index (Phi) is 6.10. The van der Waals surface area contributed by atoms with E-state index < -0.39 is 0 Å². The summed E-state index contributed by atoms with van der Waals surface area (Å²) in [6.07, 6.45) is 13.7. The average Bonchev–Trinajstić information content (AvgIpc) is 2.38. The highest BCUT2D eigenvalue weighted by molar-refractivity contribution is 5.02. The van der Waals surface area contributed by atoms with Crippen LogP contribution in [0.3, 0.4) is 0 Å². The van der Waals surface area contributed by atoms with Crippen LogP contribution < -0.4 is 5.32 Å². The highest BCUT2D eigenvalue weighted by Gasteiger charge is 2.42. The number of aliphatic hydroxyl groups excluding tert-OH is 2. The smallest absolute Gasteiger partial charge is 0.0529 e. The highest BCUT2D eigenvalue weighted by Crippen LogP contribution is 2.39. The fraction of sp³-hybridized carbons (Fsp3) is 1.00. The number of nitrogens with one attached hydrogen (secondary N) is 1. The lowest BCUT2D eigenvalue weighted by atomic mass is 9.71. The Balaban J connectivity index is 2.13. The lowest BCUT2D eigenvalue weighted by molar-refractivity contribution is 0.0413. The average molecular weight is 297 g/mol. The van der Waals surface area contributed by atoms with Crippen LogP contribution in [0.5, 0.6) is 0 Å². The molecule has 2 unspecified atom stereocenters. The number of hydrogen-bond acceptors (Lipinski definition) is 3. The van der Waals surface area contributed by atoms with Crippen molar-refractivity contribution in [1.29, 1.82) is 0 Å². The predicted molar refractivity (Wildman–Crippen MR) is 87.4 cm³/mol. The summed E-state index contributed by atoms with van der Waals surface area (Å²) in [6.45, 7) is 3.83. The molecule has 2 saturated carbocycles. The molecular formula is C18H35NO2. The molecule has 0 aromatic carbocycles. The van der Waals surface area contributed by atoms with E-state index in [0.29, 0.717) is 0 Å². The lowest BCUT2D eigenvalue weighted by Crippen LogP contribution is -2.61. The van der Waals surface area contributed by atoms with E-state index in [0.717, 1.165) is 12.8 Å². The molecule has 0 amide bonds. The summed E-state index contributed by atoms with van der Waals surface area (Å²) >= 11 is 0. The maximum absolute atomic E-state index is 9.98. The number of rotatable bonds is 6. The first-order chi connectivity index (χ1) is 9.95. The molecule has 2 aliphatic carbocycles. The molecule has 2 fully saturated rings. The molecule has 2 atom stereocenters. The second-order valence-electron chi connectivity index (χ2n) is 7.91. The van der Waals surface area contributed by atoms with Gasteiger partial charge in [-0.2, -0.15) is 0 Å². The van der Waals surface area contributed by atoms with Gasteiger partial charge >= 0.3 is 0 Å². The molecule has 0 spiro atoms. The summed E-state index contributed by atoms with van der Waals surface area (Å²) in [5.41, 5.74) is 0.192. The molecule has 21 heavy (non-hydrogen) atoms. The molecular weight excluding hydrogens is 262 g/mol. The van der Waals surface area contributed by atoms with Crippen molar-refractivity contribution < 1.29 is 10.2 Å². The predicted octanol–water partition coefficient (Wildman–Crippen LogP) is 3.52. The van der Waals surface area contributed by atoms with Crippen LogP contribution in [0.15, 0.2) is 0 Å². The van der Waals surface area contributed by atoms with Crippen LogP contribution >= 0.6 is 0 Å². The highest BCUT2D eigenvalue weighted by atomic mass is 16.3. The van der Waals surface area contributed by atoms with Crippen LogP contribution in [0.4, 0.5) is 0 Å². The fourth-order valence-corrected chi connectivity index (χ4v) is 4.91. The Labute approximate surface area is 130 Å². The molecule has 3 N–H and O–H groups in total. The second-order valence-corrected chi connectivity index (χ2v) is 7.91. The van der Waals surface area contributed by atoms with Crippen molar-refractivity contribution in [3.63, 3.8) is 0 Å². The van der Waals surface area contributed by atoms with Gasteiger partial charge in [-0.3, -0.25) is 0 Å². The molecule has 3 heteroatoms. The second kappa shape index (κ2) is 7.43. The van der Waals surface area contributed by atoms with Crippen molar-refractivity contribution >= 4 is 0 Å². The summed E-state index contributed by atoms with van der Waals surface area (Å²) in [7, 11) is 0. The molecule has 0 aliphatic heterocycles. The van der Waals surface area contributed by atoms with E-state index >= 15 is 0 Å². The maximum atomic E-state index is 9.98. The molecule has 2 aliphatic rings. The lowest BCUT2D eigenvalue weighted by Gasteiger charge is -2.50. The van der Waals surface area contributed by atoms with Gasteiger partial charge in [0.25, 0.3) is 0 Å². The molecule has 0 heterocycles. The van der Waals surface area contributed by atoms with Gasteiger partial charge in [0.15, 0.2) is 0 Å². The molecule has 0 bridgehead atoms. The SMILES string of the molecule is CC(O)CC1(NC2(CC(C)O)CCCCC2)CCCCC1. The third-order valence-electron chi connectivity index (χ3n) is 5.52. The zero-order valence-electron chi connectivity index (χ0n) is 14.0. The van der Waals surface area contributed by atoms with E-state index in [1.54, 1.807) is 0 Å². The Morgan fingerprint density at radius 1 is 0.714 bits per heavy atom. The Bertz CT molecular complexity index is 272. The zero-order chi connectivity index (χ0) is 15.3. The standard InChI is InChI=1S/C18H35NO2/c1-15(20)13-17(9-5-3-6-10-17)19-18(14-16(2)21)11-7-4-8-12-18/h15-16,19-21H,3-14H2,1-2H3. The van der Waals surface area contributed by atoms with Gasteiger partial charge < -0.3 is 15.5 Å². The minimum atomic E-state index is -0.247. The van der Waals surface area contributed by atoms with Crippen LogP contribution in [0.2, 0.25) is 0 Å². The van der Waals surface area contributed by atoms with E-state index in [-0.39, 0.29) is 23.3 Å². The summed E-state index contributed by atoms with van der Waals surface area (Å²) < 4.78 is 0. The van der Waals surface area contributed by atoms with Crippen LogP contribution in [-0.2, 0) is 0 Å². The van der Waals surface area contributed by atoms with Gasteiger partial charge in [-0.25, -0.2) is 0 Å². The fourth-order valence-electron chi connectivity index (χ4n) is 4.91. The summed E-state index contributed by atoms with van der Waals surface area (Å²) in [6, 6.07) is 0. The molecule has 3 nitrogen and oxygen atoms in total. The van der Waals surface area contributed by atoms with E-state index in [9.17, 15) is 10.2 Å². The van der Waals surface area contributed by atoms with Crippen molar-refractivity contribution in [3.8, 4) is 0 Å². The first kappa shape index (κ1) is 17.2. The molecule has 0 radical (unpaired) electrons. The van der Waals surface area contributed by atoms with E-state index in [4.69, 9.17) is 0 Å². The molecule has 2 rings (SSSR count). The van der Waals surface area contributed by atoms with E-state index in [1.165, 1.54) is 64.2 Å². The van der Waals surface area contributed by atoms with Gasteiger partial charge in [-0.15, -0.1) is 0 Å². The van der Waals surface area contributed by atoms with E-state index in [2.05, 4.69) is 5.32 Å². The number of aliphatic hydroxyl groups is 2. The minimum absolute atomic E-state index is 0.0959. The zero-order valence-corrected chi connectivity index (χ0v) is 14.0. The van der Waals surface area contributed by atoms with Crippen LogP contribution in [0.1, 0.15) is 90.9 Å². The van der Waals surface area contributed by atoms with Gasteiger partial charge in [0, 0.05) is 11.1 Å². The first-order valence-corrected chi connectivity index (χ1v) is 9.11. The summed E-state index contributed by atoms with van der Waals surface area (Å²) in [5.74, 6) is 0. The van der Waals surface area contributed by atoms with Crippen molar-refractivity contribution in [2.75, 3.05) is 0 Å². The normalized spacial score (nSPS) is 28.0. The first-order valence-electron chi connectivity index (χ1n) is 9.11. The summed E-state index contributed by atoms with van der Waals surface area (Å²) in [5, 5.41) is 24.0. The largest absolute Gasteiger partial charge is 0.393 e. The molecule has 0 saturated heterocycles. The monoisotopic (exact) mass is 297 g/mol. The summed E-state index contributed by atoms with van der Waals surface area (Å²) in [4.78, 5) is 0. The van der Waals surface area contributed by atoms with Crippen LogP contribution in [-0.4, -0.2) is 33.5 Å². The molecule has 0 aromatic heterocycles. The third-order valence-corrected chi connectivity index (χ3v) is 5.52. The Hall–Kier alpha value is -0.120. The van der Waals surface area contributed by atoms with E-state index in [1.807, 2.05) is 13.8 Å². The van der Waals surface area contributed by atoms with Gasteiger partial charge in [-0.05, 0) is 52.4 Å². The van der Waals surface area contributed by atoms with Crippen molar-refractivity contribution in [2.24, 2.45) is 0 Å². The van der Waals surface area contributed by atoms with Crippen molar-refractivity contribution in [3.05, 3.63) is 0 Å².